The van der Waals surface area contributed by atoms with E-state index in [0.717, 1.165) is 0 Å². The lowest BCUT2D eigenvalue weighted by Gasteiger charge is -2.46. The van der Waals surface area contributed by atoms with E-state index in [1.807, 2.05) is 0 Å². The molecule has 0 saturated carbocycles. The van der Waals surface area contributed by atoms with Crippen LogP contribution < -0.4 is 9.80 Å². The number of para-hydroxylation sites is 2. The largest absolute Gasteiger partial charge is 0.344 e. The quantitative estimate of drug-likeness (QED) is 0.140. The van der Waals surface area contributed by atoms with Gasteiger partial charge < -0.3 is 9.80 Å². The third kappa shape index (κ3) is 7.30. The Morgan fingerprint density at radius 3 is 0.875 bits per heavy atom. The maximum atomic E-state index is 2.57. The first-order chi connectivity index (χ1) is 43.6. The minimum atomic E-state index is -0.701. The van der Waals surface area contributed by atoms with Gasteiger partial charge in [0.1, 0.15) is 0 Å². The maximum absolute atomic E-state index is 2.57. The van der Waals surface area contributed by atoms with Crippen molar-refractivity contribution in [2.75, 3.05) is 23.9 Å². The van der Waals surface area contributed by atoms with Gasteiger partial charge in [-0.15, -0.1) is 0 Å². The van der Waals surface area contributed by atoms with Crippen LogP contribution in [0.15, 0.2) is 328 Å². The molecule has 0 saturated heterocycles. The maximum Gasteiger partial charge on any atom is 0.0748 e. The normalized spacial score (nSPS) is 13.7. The Balaban J connectivity index is 1.06. The lowest BCUT2D eigenvalue weighted by Crippen LogP contribution is -2.38. The number of anilines is 4. The summed E-state index contributed by atoms with van der Waals surface area (Å²) in [6.07, 6.45) is 0. The number of hydrogen-bond donors (Lipinski definition) is 0. The van der Waals surface area contributed by atoms with Crippen LogP contribution in [0.25, 0.3) is 87.6 Å². The van der Waals surface area contributed by atoms with Gasteiger partial charge in [-0.3, -0.25) is 0 Å². The Hall–Kier alpha value is -11.1. The summed E-state index contributed by atoms with van der Waals surface area (Å²) in [6.45, 7) is 0. The van der Waals surface area contributed by atoms with Crippen molar-refractivity contribution in [3.63, 3.8) is 0 Å². The second-order valence-corrected chi connectivity index (χ2v) is 23.8. The van der Waals surface area contributed by atoms with Crippen molar-refractivity contribution in [3.8, 4) is 44.5 Å². The summed E-state index contributed by atoms with van der Waals surface area (Å²) in [7, 11) is 4.50. The summed E-state index contributed by atoms with van der Waals surface area (Å²) >= 11 is 0. The fourth-order valence-electron chi connectivity index (χ4n) is 16.1. The van der Waals surface area contributed by atoms with E-state index in [-0.39, 0.29) is 0 Å². The minimum absolute atomic E-state index is 0.701. The fourth-order valence-corrected chi connectivity index (χ4v) is 16.1. The number of rotatable bonds is 8. The molecule has 0 amide bonds. The average molecular weight is 1120 g/mol. The molecule has 0 aliphatic carbocycles. The zero-order valence-corrected chi connectivity index (χ0v) is 49.1. The van der Waals surface area contributed by atoms with E-state index in [0.29, 0.717) is 0 Å². The van der Waals surface area contributed by atoms with Crippen LogP contribution in [0.4, 0.5) is 22.7 Å². The zero-order valence-electron chi connectivity index (χ0n) is 49.1. The number of fused-ring (bicyclic) bond motifs is 8. The Morgan fingerprint density at radius 2 is 0.489 bits per heavy atom. The molecule has 2 heterocycles. The molecule has 17 rings (SSSR count). The summed E-state index contributed by atoms with van der Waals surface area (Å²) in [5, 5.41) is 9.66. The molecule has 0 spiro atoms. The topological polar surface area (TPSA) is 6.48 Å². The molecule has 2 nitrogen and oxygen atoms in total. The van der Waals surface area contributed by atoms with Crippen molar-refractivity contribution in [1.29, 1.82) is 0 Å². The highest BCUT2D eigenvalue weighted by Gasteiger charge is 2.49. The summed E-state index contributed by atoms with van der Waals surface area (Å²) in [5.41, 5.74) is 22.9. The molecule has 2 aliphatic rings. The molecule has 0 aromatic heterocycles. The van der Waals surface area contributed by atoms with E-state index in [2.05, 4.69) is 351 Å². The molecular formula is C86H60N2. The molecule has 0 atom stereocenters. The number of hydrogen-bond acceptors (Lipinski definition) is 2. The molecule has 0 radical (unpaired) electrons. The predicted octanol–water partition coefficient (Wildman–Crippen LogP) is 21.9. The smallest absolute Gasteiger partial charge is 0.0748 e. The van der Waals surface area contributed by atoms with Crippen LogP contribution >= 0.6 is 0 Å². The minimum Gasteiger partial charge on any atom is -0.344 e. The molecule has 15 aromatic rings. The monoisotopic (exact) mass is 1120 g/mol. The lowest BCUT2D eigenvalue weighted by molar-refractivity contribution is 0.729. The molecule has 0 fully saturated rings. The summed E-state index contributed by atoms with van der Waals surface area (Å²) in [6, 6.07) is 123. The van der Waals surface area contributed by atoms with E-state index < -0.39 is 10.8 Å². The van der Waals surface area contributed by atoms with Crippen LogP contribution in [-0.4, -0.2) is 14.1 Å². The molecule has 0 unspecified atom stereocenters. The van der Waals surface area contributed by atoms with Crippen LogP contribution in [0.3, 0.4) is 0 Å². The molecule has 15 aromatic carbocycles. The first-order valence-corrected chi connectivity index (χ1v) is 30.7. The standard InChI is InChI=1S/C86H60N2/c1-87-76-52-24-22-50-74(76)85(58-32-10-4-11-33-58,59-34-12-5-13-35-59)83-70(48-28-54-78(83)87)62-44-26-46-68-72(62)56-73-63(45-27-47-69(73)82(68)81-66-42-20-18-40-64(66)80(57-30-8-3-9-31-57)65-41-19-21-43-67(65)81)71-49-29-55-79-84(71)86(60-36-14-6-15-37-60,61-38-16-7-17-39-61)75-51-23-25-53-77(75)88(79)2/h3-56H,1-2H3. The van der Waals surface area contributed by atoms with E-state index in [4.69, 9.17) is 0 Å². The molecule has 88 heavy (non-hydrogen) atoms. The van der Waals surface area contributed by atoms with Crippen molar-refractivity contribution in [2.45, 2.75) is 10.8 Å². The van der Waals surface area contributed by atoms with Gasteiger partial charge in [-0.05, 0) is 151 Å². The van der Waals surface area contributed by atoms with Gasteiger partial charge in [-0.25, -0.2) is 0 Å². The van der Waals surface area contributed by atoms with Crippen molar-refractivity contribution >= 4 is 65.8 Å². The van der Waals surface area contributed by atoms with Gasteiger partial charge in [0.25, 0.3) is 0 Å². The number of nitrogens with zero attached hydrogens (tertiary/aromatic N) is 2. The van der Waals surface area contributed by atoms with E-state index in [9.17, 15) is 0 Å². The van der Waals surface area contributed by atoms with Crippen LogP contribution in [0.1, 0.15) is 44.5 Å². The van der Waals surface area contributed by atoms with E-state index in [1.165, 1.54) is 155 Å². The third-order valence-corrected chi connectivity index (χ3v) is 19.6. The Labute approximate surface area is 514 Å². The lowest BCUT2D eigenvalue weighted by atomic mass is 9.60. The van der Waals surface area contributed by atoms with Gasteiger partial charge in [0.05, 0.1) is 10.8 Å². The van der Waals surface area contributed by atoms with E-state index >= 15 is 0 Å². The molecule has 0 N–H and O–H groups in total. The van der Waals surface area contributed by atoms with Gasteiger partial charge in [-0.1, -0.05) is 297 Å². The van der Waals surface area contributed by atoms with Gasteiger partial charge >= 0.3 is 0 Å². The summed E-state index contributed by atoms with van der Waals surface area (Å²) < 4.78 is 0. The second kappa shape index (κ2) is 20.3. The van der Waals surface area contributed by atoms with Gasteiger partial charge in [0.15, 0.2) is 0 Å². The summed E-state index contributed by atoms with van der Waals surface area (Å²) in [5.74, 6) is 0. The van der Waals surface area contributed by atoms with Gasteiger partial charge in [-0.2, -0.15) is 0 Å². The first kappa shape index (κ1) is 51.4. The van der Waals surface area contributed by atoms with Crippen LogP contribution in [0.2, 0.25) is 0 Å². The predicted molar refractivity (Wildman–Crippen MR) is 371 cm³/mol. The first-order valence-electron chi connectivity index (χ1n) is 30.7. The summed E-state index contributed by atoms with van der Waals surface area (Å²) in [4.78, 5) is 4.85. The van der Waals surface area contributed by atoms with E-state index in [1.54, 1.807) is 0 Å². The van der Waals surface area contributed by atoms with Crippen molar-refractivity contribution < 1.29 is 0 Å². The molecule has 2 heteroatoms. The Morgan fingerprint density at radius 1 is 0.216 bits per heavy atom. The van der Waals surface area contributed by atoms with Crippen molar-refractivity contribution in [2.24, 2.45) is 0 Å². The highest BCUT2D eigenvalue weighted by molar-refractivity contribution is 6.29. The van der Waals surface area contributed by atoms with Crippen molar-refractivity contribution in [1.82, 2.24) is 0 Å². The molecular weight excluding hydrogens is 1060 g/mol. The highest BCUT2D eigenvalue weighted by atomic mass is 15.1. The van der Waals surface area contributed by atoms with Crippen LogP contribution in [0.5, 0.6) is 0 Å². The Bertz CT molecular complexity index is 4850. The molecule has 414 valence electrons. The zero-order chi connectivity index (χ0) is 58.5. The van der Waals surface area contributed by atoms with Crippen molar-refractivity contribution in [3.05, 3.63) is 372 Å². The molecule has 0 bridgehead atoms. The average Bonchev–Trinajstić information content (AvgIpc) is 0.714. The van der Waals surface area contributed by atoms with Crippen LogP contribution in [0, 0.1) is 0 Å². The van der Waals surface area contributed by atoms with Gasteiger partial charge in [0.2, 0.25) is 0 Å². The molecule has 2 aliphatic heterocycles. The van der Waals surface area contributed by atoms with Crippen LogP contribution in [-0.2, 0) is 10.8 Å². The second-order valence-electron chi connectivity index (χ2n) is 23.8. The number of benzene rings is 15. The SMILES string of the molecule is CN1c2ccccc2C(c2ccccc2)(c2ccccc2)c2c(-c3cccc4c(-c5c6ccccc6c(-c6ccccc6)c6ccccc56)c5cccc(-c6cccc7c6C(c6ccccc6)(c6ccccc6)c6ccccc6N7C)c5cc34)cccc21. The fraction of sp³-hybridized carbons (Fsp3) is 0.0465. The van der Waals surface area contributed by atoms with Gasteiger partial charge in [0, 0.05) is 48.0 Å². The Kier molecular flexibility index (Phi) is 11.9. The third-order valence-electron chi connectivity index (χ3n) is 19.6. The highest BCUT2D eigenvalue weighted by Crippen LogP contribution is 2.61.